The number of ether oxygens (including phenoxy) is 1. The molecule has 2 rings (SSSR count). The fraction of sp³-hybridized carbons (Fsp3) is 0.222. The molecule has 0 unspecified atom stereocenters. The molecule has 0 atom stereocenters. The molecule has 0 saturated carbocycles. The molecule has 2 N–H and O–H groups in total. The molecule has 0 radical (unpaired) electrons. The van der Waals surface area contributed by atoms with Crippen molar-refractivity contribution in [3.63, 3.8) is 0 Å². The first kappa shape index (κ1) is 7.91. The van der Waals surface area contributed by atoms with Crippen LogP contribution in [0.5, 0.6) is 5.75 Å². The lowest BCUT2D eigenvalue weighted by Crippen LogP contribution is -1.90. The number of benzene rings is 1. The SMILES string of the molecule is COc1cccc2c1c(N)nn2C. The zero-order valence-corrected chi connectivity index (χ0v) is 7.61. The minimum Gasteiger partial charge on any atom is -0.496 e. The van der Waals surface area contributed by atoms with E-state index >= 15 is 0 Å². The second kappa shape index (κ2) is 2.65. The molecule has 0 fully saturated rings. The van der Waals surface area contributed by atoms with Crippen molar-refractivity contribution in [3.05, 3.63) is 18.2 Å². The van der Waals surface area contributed by atoms with E-state index in [1.54, 1.807) is 11.8 Å². The molecule has 2 aromatic rings. The summed E-state index contributed by atoms with van der Waals surface area (Å²) < 4.78 is 6.93. The maximum atomic E-state index is 5.74. The van der Waals surface area contributed by atoms with Crippen molar-refractivity contribution in [1.29, 1.82) is 0 Å². The Bertz CT molecular complexity index is 447. The summed E-state index contributed by atoms with van der Waals surface area (Å²) in [7, 11) is 3.49. The summed E-state index contributed by atoms with van der Waals surface area (Å²) in [6.45, 7) is 0. The fourth-order valence-corrected chi connectivity index (χ4v) is 1.48. The molecule has 13 heavy (non-hydrogen) atoms. The van der Waals surface area contributed by atoms with Crippen molar-refractivity contribution in [2.24, 2.45) is 7.05 Å². The summed E-state index contributed by atoms with van der Waals surface area (Å²) in [6, 6.07) is 5.75. The first-order valence-electron chi connectivity index (χ1n) is 3.99. The van der Waals surface area contributed by atoms with Gasteiger partial charge in [-0.2, -0.15) is 5.10 Å². The summed E-state index contributed by atoms with van der Waals surface area (Å²) in [5.41, 5.74) is 6.72. The number of aromatic nitrogens is 2. The van der Waals surface area contributed by atoms with Gasteiger partial charge in [-0.05, 0) is 12.1 Å². The second-order valence-electron chi connectivity index (χ2n) is 2.86. The predicted molar refractivity (Wildman–Crippen MR) is 51.7 cm³/mol. The Kier molecular flexibility index (Phi) is 1.62. The lowest BCUT2D eigenvalue weighted by Gasteiger charge is -2.00. The monoisotopic (exact) mass is 177 g/mol. The van der Waals surface area contributed by atoms with E-state index in [9.17, 15) is 0 Å². The van der Waals surface area contributed by atoms with Crippen LogP contribution in [0.15, 0.2) is 18.2 Å². The van der Waals surface area contributed by atoms with Gasteiger partial charge in [0, 0.05) is 7.05 Å². The van der Waals surface area contributed by atoms with Crippen LogP contribution in [0.25, 0.3) is 10.9 Å². The maximum Gasteiger partial charge on any atom is 0.157 e. The van der Waals surface area contributed by atoms with Gasteiger partial charge in [-0.25, -0.2) is 0 Å². The predicted octanol–water partition coefficient (Wildman–Crippen LogP) is 1.16. The summed E-state index contributed by atoms with van der Waals surface area (Å²) in [6.07, 6.45) is 0. The van der Waals surface area contributed by atoms with Crippen molar-refractivity contribution in [2.45, 2.75) is 0 Å². The molecule has 4 nitrogen and oxygen atoms in total. The zero-order chi connectivity index (χ0) is 9.42. The quantitative estimate of drug-likeness (QED) is 0.711. The molecular formula is C9H11N3O. The number of rotatable bonds is 1. The van der Waals surface area contributed by atoms with Gasteiger partial charge in [-0.1, -0.05) is 6.07 Å². The largest absolute Gasteiger partial charge is 0.496 e. The maximum absolute atomic E-state index is 5.74. The molecule has 0 spiro atoms. The Morgan fingerprint density at radius 1 is 1.46 bits per heavy atom. The van der Waals surface area contributed by atoms with Gasteiger partial charge in [0.05, 0.1) is 18.0 Å². The number of anilines is 1. The van der Waals surface area contributed by atoms with Crippen LogP contribution >= 0.6 is 0 Å². The fourth-order valence-electron chi connectivity index (χ4n) is 1.48. The van der Waals surface area contributed by atoms with Crippen molar-refractivity contribution < 1.29 is 4.74 Å². The van der Waals surface area contributed by atoms with Gasteiger partial charge in [0.2, 0.25) is 0 Å². The van der Waals surface area contributed by atoms with Crippen molar-refractivity contribution in [3.8, 4) is 5.75 Å². The number of nitrogens with two attached hydrogens (primary N) is 1. The molecule has 0 bridgehead atoms. The van der Waals surface area contributed by atoms with Gasteiger partial charge in [0.25, 0.3) is 0 Å². The first-order chi connectivity index (χ1) is 6.24. The van der Waals surface area contributed by atoms with E-state index in [1.165, 1.54) is 0 Å². The third kappa shape index (κ3) is 1.02. The Balaban J connectivity index is 2.88. The van der Waals surface area contributed by atoms with Gasteiger partial charge < -0.3 is 10.5 Å². The van der Waals surface area contributed by atoms with Crippen LogP contribution in [0, 0.1) is 0 Å². The van der Waals surface area contributed by atoms with Crippen LogP contribution in [0.4, 0.5) is 5.82 Å². The number of nitrogen functional groups attached to an aromatic ring is 1. The van der Waals surface area contributed by atoms with Crippen LogP contribution in [0.3, 0.4) is 0 Å². The Morgan fingerprint density at radius 3 is 2.92 bits per heavy atom. The molecule has 0 aliphatic rings. The lowest BCUT2D eigenvalue weighted by atomic mass is 10.2. The topological polar surface area (TPSA) is 53.1 Å². The van der Waals surface area contributed by atoms with Crippen LogP contribution in [-0.4, -0.2) is 16.9 Å². The van der Waals surface area contributed by atoms with E-state index in [0.29, 0.717) is 5.82 Å². The average Bonchev–Trinajstić information content (AvgIpc) is 2.43. The van der Waals surface area contributed by atoms with E-state index in [1.807, 2.05) is 25.2 Å². The van der Waals surface area contributed by atoms with Crippen molar-refractivity contribution in [2.75, 3.05) is 12.8 Å². The van der Waals surface area contributed by atoms with E-state index < -0.39 is 0 Å². The van der Waals surface area contributed by atoms with E-state index in [-0.39, 0.29) is 0 Å². The smallest absolute Gasteiger partial charge is 0.157 e. The average molecular weight is 177 g/mol. The van der Waals surface area contributed by atoms with Gasteiger partial charge in [0.1, 0.15) is 5.75 Å². The van der Waals surface area contributed by atoms with E-state index in [4.69, 9.17) is 10.5 Å². The second-order valence-corrected chi connectivity index (χ2v) is 2.86. The van der Waals surface area contributed by atoms with Crippen molar-refractivity contribution in [1.82, 2.24) is 9.78 Å². The zero-order valence-electron chi connectivity index (χ0n) is 7.61. The summed E-state index contributed by atoms with van der Waals surface area (Å²) in [5.74, 6) is 1.28. The lowest BCUT2D eigenvalue weighted by molar-refractivity contribution is 0.420. The Labute approximate surface area is 75.9 Å². The third-order valence-corrected chi connectivity index (χ3v) is 2.09. The summed E-state index contributed by atoms with van der Waals surface area (Å²) in [4.78, 5) is 0. The number of fused-ring (bicyclic) bond motifs is 1. The van der Waals surface area contributed by atoms with Crippen LogP contribution in [0.1, 0.15) is 0 Å². The highest BCUT2D eigenvalue weighted by Gasteiger charge is 2.09. The Morgan fingerprint density at radius 2 is 2.23 bits per heavy atom. The molecule has 68 valence electrons. The molecule has 1 aromatic heterocycles. The molecule has 0 saturated heterocycles. The normalized spacial score (nSPS) is 10.6. The molecular weight excluding hydrogens is 166 g/mol. The number of aryl methyl sites for hydroxylation is 1. The number of hydrogen-bond donors (Lipinski definition) is 1. The highest BCUT2D eigenvalue weighted by molar-refractivity contribution is 5.94. The summed E-state index contributed by atoms with van der Waals surface area (Å²) >= 11 is 0. The van der Waals surface area contributed by atoms with E-state index in [0.717, 1.165) is 16.7 Å². The number of hydrogen-bond acceptors (Lipinski definition) is 3. The number of methoxy groups -OCH3 is 1. The third-order valence-electron chi connectivity index (χ3n) is 2.09. The van der Waals surface area contributed by atoms with Crippen LogP contribution in [0.2, 0.25) is 0 Å². The molecule has 0 aliphatic carbocycles. The molecule has 0 aliphatic heterocycles. The summed E-state index contributed by atoms with van der Waals surface area (Å²) in [5, 5.41) is 5.00. The van der Waals surface area contributed by atoms with Crippen molar-refractivity contribution >= 4 is 16.7 Å². The molecule has 1 aromatic carbocycles. The standard InChI is InChI=1S/C9H11N3O/c1-12-6-4-3-5-7(13-2)8(6)9(10)11-12/h3-5H,1-2H3,(H2,10,11). The van der Waals surface area contributed by atoms with Gasteiger partial charge >= 0.3 is 0 Å². The highest BCUT2D eigenvalue weighted by atomic mass is 16.5. The molecule has 4 heteroatoms. The van der Waals surface area contributed by atoms with Gasteiger partial charge in [-0.3, -0.25) is 4.68 Å². The minimum absolute atomic E-state index is 0.509. The minimum atomic E-state index is 0.509. The Hall–Kier alpha value is -1.71. The van der Waals surface area contributed by atoms with Gasteiger partial charge in [-0.15, -0.1) is 0 Å². The van der Waals surface area contributed by atoms with Crippen LogP contribution < -0.4 is 10.5 Å². The van der Waals surface area contributed by atoms with Gasteiger partial charge in [0.15, 0.2) is 5.82 Å². The molecule has 0 amide bonds. The first-order valence-corrected chi connectivity index (χ1v) is 3.99. The molecule has 1 heterocycles. The van der Waals surface area contributed by atoms with Crippen LogP contribution in [-0.2, 0) is 7.05 Å². The van der Waals surface area contributed by atoms with E-state index in [2.05, 4.69) is 5.10 Å². The highest BCUT2D eigenvalue weighted by Crippen LogP contribution is 2.29. The number of nitrogens with zero attached hydrogens (tertiary/aromatic N) is 2.